The van der Waals surface area contributed by atoms with Crippen LogP contribution in [0.1, 0.15) is 43.0 Å². The Bertz CT molecular complexity index is 1200. The van der Waals surface area contributed by atoms with Crippen molar-refractivity contribution >= 4 is 45.9 Å². The van der Waals surface area contributed by atoms with Crippen LogP contribution in [0.25, 0.3) is 22.3 Å². The molecule has 2 heterocycles. The van der Waals surface area contributed by atoms with Crippen LogP contribution in [0.15, 0.2) is 30.5 Å². The molecule has 4 rings (SSSR count). The van der Waals surface area contributed by atoms with Crippen molar-refractivity contribution in [2.45, 2.75) is 38.6 Å². The molecule has 2 N–H and O–H groups in total. The van der Waals surface area contributed by atoms with Crippen molar-refractivity contribution in [1.82, 2.24) is 14.9 Å². The number of anilines is 1. The number of ether oxygens (including phenoxy) is 1. The number of phenols is 1. The SMILES string of the molecule is CCOC(=O)c1cnc2ccc(-c3cc(Cl)c(O)c(Cl)c3)nc2c1NC1CCC(CN(C)C)CC1. The van der Waals surface area contributed by atoms with E-state index >= 15 is 0 Å². The quantitative estimate of drug-likeness (QED) is 0.371. The van der Waals surface area contributed by atoms with E-state index in [4.69, 9.17) is 32.9 Å². The van der Waals surface area contributed by atoms with Gasteiger partial charge in [0.1, 0.15) is 11.1 Å². The van der Waals surface area contributed by atoms with Gasteiger partial charge in [-0.1, -0.05) is 23.2 Å². The Labute approximate surface area is 215 Å². The topological polar surface area (TPSA) is 87.6 Å². The van der Waals surface area contributed by atoms with E-state index in [0.717, 1.165) is 32.2 Å². The molecule has 0 atom stereocenters. The predicted octanol–water partition coefficient (Wildman–Crippen LogP) is 6.02. The Morgan fingerprint density at radius 2 is 1.86 bits per heavy atom. The van der Waals surface area contributed by atoms with Crippen molar-refractivity contribution in [2.24, 2.45) is 5.92 Å². The van der Waals surface area contributed by atoms with Gasteiger partial charge in [0.15, 0.2) is 5.75 Å². The molecule has 0 unspecified atom stereocenters. The van der Waals surface area contributed by atoms with E-state index in [9.17, 15) is 9.90 Å². The van der Waals surface area contributed by atoms with Gasteiger partial charge in [-0.15, -0.1) is 0 Å². The lowest BCUT2D eigenvalue weighted by Crippen LogP contribution is -2.31. The predicted molar refractivity (Wildman–Crippen MR) is 141 cm³/mol. The fourth-order valence-electron chi connectivity index (χ4n) is 4.66. The van der Waals surface area contributed by atoms with E-state index in [2.05, 4.69) is 29.3 Å². The van der Waals surface area contributed by atoms with Crippen LogP contribution in [-0.4, -0.2) is 59.2 Å². The second kappa shape index (κ2) is 11.0. The van der Waals surface area contributed by atoms with Crippen LogP contribution in [-0.2, 0) is 4.74 Å². The summed E-state index contributed by atoms with van der Waals surface area (Å²) >= 11 is 12.3. The van der Waals surface area contributed by atoms with Crippen LogP contribution in [0.2, 0.25) is 10.0 Å². The normalized spacial score (nSPS) is 18.1. The lowest BCUT2D eigenvalue weighted by Gasteiger charge is -2.31. The molecule has 7 nitrogen and oxygen atoms in total. The average Bonchev–Trinajstić information content (AvgIpc) is 2.83. The molecular formula is C26H30Cl2N4O3. The minimum Gasteiger partial charge on any atom is -0.505 e. The Balaban J connectivity index is 1.73. The summed E-state index contributed by atoms with van der Waals surface area (Å²) in [6.45, 7) is 3.13. The van der Waals surface area contributed by atoms with Crippen LogP contribution in [0, 0.1) is 5.92 Å². The first-order valence-corrected chi connectivity index (χ1v) is 12.6. The number of fused-ring (bicyclic) bond motifs is 1. The second-order valence-electron chi connectivity index (χ2n) is 9.24. The maximum Gasteiger partial charge on any atom is 0.341 e. The van der Waals surface area contributed by atoms with Crippen LogP contribution < -0.4 is 5.32 Å². The Kier molecular flexibility index (Phi) is 7.99. The van der Waals surface area contributed by atoms with Gasteiger partial charge in [0.05, 0.1) is 33.6 Å². The van der Waals surface area contributed by atoms with E-state index in [1.807, 2.05) is 12.1 Å². The molecule has 35 heavy (non-hydrogen) atoms. The zero-order chi connectivity index (χ0) is 25.1. The third-order valence-electron chi connectivity index (χ3n) is 6.34. The first-order valence-electron chi connectivity index (χ1n) is 11.8. The molecule has 1 fully saturated rings. The highest BCUT2D eigenvalue weighted by molar-refractivity contribution is 6.37. The van der Waals surface area contributed by atoms with Crippen molar-refractivity contribution in [3.05, 3.63) is 46.1 Å². The summed E-state index contributed by atoms with van der Waals surface area (Å²) in [4.78, 5) is 24.4. The number of aromatic nitrogens is 2. The molecule has 1 aromatic carbocycles. The van der Waals surface area contributed by atoms with Crippen molar-refractivity contribution in [1.29, 1.82) is 0 Å². The number of pyridine rings is 2. The third-order valence-corrected chi connectivity index (χ3v) is 6.92. The first-order chi connectivity index (χ1) is 16.8. The van der Waals surface area contributed by atoms with Gasteiger partial charge in [-0.3, -0.25) is 4.98 Å². The van der Waals surface area contributed by atoms with Crippen LogP contribution in [0.4, 0.5) is 5.69 Å². The van der Waals surface area contributed by atoms with E-state index in [0.29, 0.717) is 39.5 Å². The van der Waals surface area contributed by atoms with Gasteiger partial charge in [-0.05, 0) is 76.9 Å². The lowest BCUT2D eigenvalue weighted by molar-refractivity contribution is 0.0527. The fraction of sp³-hybridized carbons (Fsp3) is 0.423. The Morgan fingerprint density at radius 1 is 1.17 bits per heavy atom. The number of esters is 1. The number of nitrogens with one attached hydrogen (secondary N) is 1. The van der Waals surface area contributed by atoms with Gasteiger partial charge in [0, 0.05) is 24.3 Å². The van der Waals surface area contributed by atoms with Crippen LogP contribution in [0.3, 0.4) is 0 Å². The summed E-state index contributed by atoms with van der Waals surface area (Å²) < 4.78 is 5.31. The minimum absolute atomic E-state index is 0.139. The maximum atomic E-state index is 12.8. The Hall–Kier alpha value is -2.61. The number of benzene rings is 1. The number of halogens is 2. The van der Waals surface area contributed by atoms with E-state index < -0.39 is 5.97 Å². The first kappa shape index (κ1) is 25.5. The van der Waals surface area contributed by atoms with Crippen LogP contribution in [0.5, 0.6) is 5.75 Å². The number of carbonyl (C=O) groups excluding carboxylic acids is 1. The zero-order valence-corrected chi connectivity index (χ0v) is 21.7. The molecule has 2 aromatic heterocycles. The summed E-state index contributed by atoms with van der Waals surface area (Å²) in [5, 5.41) is 13.8. The Morgan fingerprint density at radius 3 is 2.49 bits per heavy atom. The summed E-state index contributed by atoms with van der Waals surface area (Å²) in [7, 11) is 4.22. The van der Waals surface area contributed by atoms with Gasteiger partial charge in [-0.25, -0.2) is 9.78 Å². The third kappa shape index (κ3) is 5.80. The highest BCUT2D eigenvalue weighted by Gasteiger charge is 2.25. The van der Waals surface area contributed by atoms with Gasteiger partial charge < -0.3 is 20.1 Å². The maximum absolute atomic E-state index is 12.8. The monoisotopic (exact) mass is 516 g/mol. The number of hydrogen-bond acceptors (Lipinski definition) is 7. The highest BCUT2D eigenvalue weighted by Crippen LogP contribution is 2.37. The van der Waals surface area contributed by atoms with Crippen LogP contribution >= 0.6 is 23.2 Å². The molecule has 0 aliphatic heterocycles. The van der Waals surface area contributed by atoms with E-state index in [1.165, 1.54) is 0 Å². The molecule has 186 valence electrons. The van der Waals surface area contributed by atoms with Gasteiger partial charge >= 0.3 is 5.97 Å². The number of rotatable bonds is 7. The number of aromatic hydroxyl groups is 1. The number of phenolic OH excluding ortho intramolecular Hbond substituents is 1. The number of carbonyl (C=O) groups is 1. The number of hydrogen-bond donors (Lipinski definition) is 2. The van der Waals surface area contributed by atoms with E-state index in [-0.39, 0.29) is 28.4 Å². The van der Waals surface area contributed by atoms with Crippen molar-refractivity contribution in [3.8, 4) is 17.0 Å². The van der Waals surface area contributed by atoms with Gasteiger partial charge in [0.25, 0.3) is 0 Å². The molecule has 3 aromatic rings. The average molecular weight is 517 g/mol. The standard InChI is InChI=1S/C26H30Cl2N4O3/c1-4-35-26(34)18-13-29-22-10-9-21(16-11-19(27)25(33)20(28)12-16)31-24(22)23(18)30-17-7-5-15(6-8-17)14-32(2)3/h9-13,15,17,33H,4-8,14H2,1-3H3,(H,29,30). The molecule has 0 saturated heterocycles. The molecule has 9 heteroatoms. The largest absolute Gasteiger partial charge is 0.505 e. The van der Waals surface area contributed by atoms with Gasteiger partial charge in [-0.2, -0.15) is 0 Å². The summed E-state index contributed by atoms with van der Waals surface area (Å²) in [5.41, 5.74) is 3.46. The second-order valence-corrected chi connectivity index (χ2v) is 10.1. The highest BCUT2D eigenvalue weighted by atomic mass is 35.5. The molecule has 1 aliphatic carbocycles. The van der Waals surface area contributed by atoms with Crippen molar-refractivity contribution in [3.63, 3.8) is 0 Å². The fourth-order valence-corrected chi connectivity index (χ4v) is 5.15. The summed E-state index contributed by atoms with van der Waals surface area (Å²) in [6.07, 6.45) is 5.81. The summed E-state index contributed by atoms with van der Waals surface area (Å²) in [5.74, 6) is 0.0699. The van der Waals surface area contributed by atoms with E-state index in [1.54, 1.807) is 25.3 Å². The van der Waals surface area contributed by atoms with Crippen molar-refractivity contribution in [2.75, 3.05) is 32.6 Å². The minimum atomic E-state index is -0.436. The molecule has 0 radical (unpaired) electrons. The number of nitrogens with zero attached hydrogens (tertiary/aromatic N) is 3. The molecule has 0 bridgehead atoms. The molecule has 0 spiro atoms. The molecular weight excluding hydrogens is 487 g/mol. The molecule has 1 saturated carbocycles. The van der Waals surface area contributed by atoms with Crippen molar-refractivity contribution < 1.29 is 14.6 Å². The summed E-state index contributed by atoms with van der Waals surface area (Å²) in [6, 6.07) is 7.10. The van der Waals surface area contributed by atoms with Gasteiger partial charge in [0.2, 0.25) is 0 Å². The molecule has 1 aliphatic rings. The lowest BCUT2D eigenvalue weighted by atomic mass is 9.85. The zero-order valence-electron chi connectivity index (χ0n) is 20.1. The molecule has 0 amide bonds. The smallest absolute Gasteiger partial charge is 0.341 e.